The first-order valence-electron chi connectivity index (χ1n) is 13.8. The summed E-state index contributed by atoms with van der Waals surface area (Å²) in [6.45, 7) is 2.36. The van der Waals surface area contributed by atoms with Gasteiger partial charge in [0.1, 0.15) is 22.0 Å². The Morgan fingerprint density at radius 2 is 1.32 bits per heavy atom. The maximum absolute atomic E-state index is 11.4. The highest BCUT2D eigenvalue weighted by molar-refractivity contribution is 9.10. The minimum atomic E-state index is -0.334. The lowest BCUT2D eigenvalue weighted by Crippen LogP contribution is -2.29. The lowest BCUT2D eigenvalue weighted by Gasteiger charge is -2.27. The van der Waals surface area contributed by atoms with Crippen LogP contribution in [0.4, 0.5) is 23.3 Å². The van der Waals surface area contributed by atoms with Crippen molar-refractivity contribution in [3.63, 3.8) is 0 Å². The number of aliphatic hydroxyl groups is 2. The minimum absolute atomic E-state index is 0.0439. The van der Waals surface area contributed by atoms with Crippen molar-refractivity contribution < 1.29 is 24.5 Å². The van der Waals surface area contributed by atoms with Gasteiger partial charge in [-0.05, 0) is 90.2 Å². The van der Waals surface area contributed by atoms with Gasteiger partial charge < -0.3 is 41.0 Å². The zero-order valence-corrected chi connectivity index (χ0v) is 26.2. The van der Waals surface area contributed by atoms with Crippen LogP contribution in [0.2, 0.25) is 0 Å². The van der Waals surface area contributed by atoms with Crippen molar-refractivity contribution in [1.29, 1.82) is 0 Å². The second-order valence-corrected chi connectivity index (χ2v) is 11.4. The van der Waals surface area contributed by atoms with E-state index in [0.717, 1.165) is 57.7 Å². The Morgan fingerprint density at radius 3 is 1.76 bits per heavy atom. The van der Waals surface area contributed by atoms with Gasteiger partial charge in [0.25, 0.3) is 0 Å². The predicted molar refractivity (Wildman–Crippen MR) is 163 cm³/mol. The molecule has 2 aromatic heterocycles. The molecule has 0 aliphatic heterocycles. The van der Waals surface area contributed by atoms with Crippen LogP contribution >= 0.6 is 31.9 Å². The van der Waals surface area contributed by atoms with Gasteiger partial charge in [-0.2, -0.15) is 0 Å². The Labute approximate surface area is 256 Å². The van der Waals surface area contributed by atoms with Gasteiger partial charge in [0.2, 0.25) is 0 Å². The summed E-state index contributed by atoms with van der Waals surface area (Å²) in [5.41, 5.74) is 0. The average Bonchev–Trinajstić information content (AvgIpc) is 2.95. The normalized spacial score (nSPS) is 22.0. The molecule has 0 unspecified atom stereocenters. The van der Waals surface area contributed by atoms with Crippen LogP contribution < -0.4 is 21.3 Å². The van der Waals surface area contributed by atoms with E-state index >= 15 is 0 Å². The molecule has 2 saturated carbocycles. The molecule has 226 valence electrons. The summed E-state index contributed by atoms with van der Waals surface area (Å²) in [6, 6.07) is 0.527. The van der Waals surface area contributed by atoms with E-state index in [1.807, 2.05) is 0 Å². The fourth-order valence-corrected chi connectivity index (χ4v) is 5.09. The predicted octanol–water partition coefficient (Wildman–Crippen LogP) is 3.49. The van der Waals surface area contributed by atoms with Crippen LogP contribution in [0.25, 0.3) is 0 Å². The smallest absolute Gasteiger partial charge is 0.325 e. The summed E-state index contributed by atoms with van der Waals surface area (Å²) in [5.74, 6) is 1.99. The number of esters is 1. The molecule has 2 heterocycles. The summed E-state index contributed by atoms with van der Waals surface area (Å²) in [6.07, 6.45) is 10.3. The van der Waals surface area contributed by atoms with Crippen molar-refractivity contribution >= 4 is 67.4 Å². The van der Waals surface area contributed by atoms with Crippen LogP contribution in [-0.2, 0) is 14.3 Å². The second kappa shape index (κ2) is 17.4. The third-order valence-corrected chi connectivity index (χ3v) is 7.38. The van der Waals surface area contributed by atoms with Crippen LogP contribution in [0.5, 0.6) is 0 Å². The molecule has 15 heteroatoms. The van der Waals surface area contributed by atoms with Crippen LogP contribution in [0.15, 0.2) is 21.6 Å². The molecule has 41 heavy (non-hydrogen) atoms. The third kappa shape index (κ3) is 11.6. The Hall–Kier alpha value is -2.62. The minimum Gasteiger partial charge on any atom is -0.465 e. The molecule has 4 rings (SSSR count). The molecule has 13 nitrogen and oxygen atoms in total. The quantitative estimate of drug-likeness (QED) is 0.114. The van der Waals surface area contributed by atoms with E-state index < -0.39 is 0 Å². The third-order valence-electron chi connectivity index (χ3n) is 6.62. The van der Waals surface area contributed by atoms with E-state index in [9.17, 15) is 19.8 Å². The molecule has 0 amide bonds. The topological polar surface area (TPSA) is 184 Å². The number of nitrogens with zero attached hydrogens (tertiary/aromatic N) is 4. The zero-order chi connectivity index (χ0) is 29.6. The summed E-state index contributed by atoms with van der Waals surface area (Å²) < 4.78 is 6.14. The highest BCUT2D eigenvalue weighted by Crippen LogP contribution is 2.26. The molecular weight excluding hydrogens is 668 g/mol. The molecule has 2 aliphatic carbocycles. The van der Waals surface area contributed by atoms with E-state index in [4.69, 9.17) is 4.74 Å². The van der Waals surface area contributed by atoms with Gasteiger partial charge in [0.15, 0.2) is 23.3 Å². The van der Waals surface area contributed by atoms with E-state index in [-0.39, 0.29) is 43.4 Å². The largest absolute Gasteiger partial charge is 0.465 e. The number of hydrogen-bond acceptors (Lipinski definition) is 13. The van der Waals surface area contributed by atoms with Crippen molar-refractivity contribution in [1.82, 2.24) is 19.9 Å². The standard InChI is InChI=1S/C14H21BrN4O3.C12H17BrN4O2/c1-2-22-12(21)8-17-13-14(19-11(15)7-16-13)18-9-3-5-10(20)6-4-9;13-10-7-15-11(14-5-6-18)12(17-10)16-8-1-3-9(19)4-2-8/h7,9-10,20H,2-6,8H2,1H3,(H,16,17)(H,18,19);6-9,19H,1-5H2,(H,14,15)(H,16,17)/i8+1,12+1;5+1,6+1. The fourth-order valence-electron chi connectivity index (χ4n) is 4.53. The molecule has 0 radical (unpaired) electrons. The van der Waals surface area contributed by atoms with Crippen molar-refractivity contribution in [3.05, 3.63) is 21.6 Å². The van der Waals surface area contributed by atoms with Crippen LogP contribution in [-0.4, -0.2) is 86.4 Å². The van der Waals surface area contributed by atoms with Crippen LogP contribution in [0.1, 0.15) is 58.3 Å². The molecule has 2 aromatic rings. The van der Waals surface area contributed by atoms with Gasteiger partial charge in [-0.3, -0.25) is 4.79 Å². The first-order chi connectivity index (χ1) is 19.8. The molecule has 0 atom stereocenters. The number of aliphatic hydroxyl groups excluding tert-OH is 2. The van der Waals surface area contributed by atoms with E-state index in [1.165, 1.54) is 0 Å². The Balaban J connectivity index is 0.000000228. The number of carbonyl (C=O) groups excluding carboxylic acids is 2. The number of aldehydes is 1. The molecule has 6 N–H and O–H groups in total. The van der Waals surface area contributed by atoms with Crippen molar-refractivity contribution in [2.24, 2.45) is 0 Å². The maximum Gasteiger partial charge on any atom is 0.325 e. The number of hydrogen-bond donors (Lipinski definition) is 6. The lowest BCUT2D eigenvalue weighted by atomic mass is 9.93. The summed E-state index contributed by atoms with van der Waals surface area (Å²) in [4.78, 5) is 39.0. The molecular formula is C26H38Br2N8O5. The Kier molecular flexibility index (Phi) is 13.9. The Morgan fingerprint density at radius 1 is 0.854 bits per heavy atom. The van der Waals surface area contributed by atoms with Gasteiger partial charge in [0.05, 0.1) is 37.8 Å². The molecule has 0 saturated heterocycles. The SMILES string of the molecule is CCO[13C](=O)[13CH2]Nc1ncc(Br)nc1NC1CCC(O)CC1.O=[13CH][13CH2]Nc1ncc(Br)nc1NC1CCC(O)CC1. The van der Waals surface area contributed by atoms with Gasteiger partial charge in [-0.15, -0.1) is 0 Å². The van der Waals surface area contributed by atoms with Crippen LogP contribution in [0, 0.1) is 0 Å². The van der Waals surface area contributed by atoms with Gasteiger partial charge >= 0.3 is 5.97 Å². The molecule has 0 spiro atoms. The van der Waals surface area contributed by atoms with Gasteiger partial charge in [-0.25, -0.2) is 19.9 Å². The lowest BCUT2D eigenvalue weighted by molar-refractivity contribution is -0.140. The van der Waals surface area contributed by atoms with Crippen molar-refractivity contribution in [3.8, 4) is 0 Å². The average molecular weight is 706 g/mol. The van der Waals surface area contributed by atoms with Gasteiger partial charge in [0, 0.05) is 12.1 Å². The van der Waals surface area contributed by atoms with Crippen molar-refractivity contribution in [2.45, 2.75) is 82.6 Å². The van der Waals surface area contributed by atoms with Crippen LogP contribution in [0.3, 0.4) is 0 Å². The molecule has 0 aromatic carbocycles. The fraction of sp³-hybridized carbons (Fsp3) is 0.615. The highest BCUT2D eigenvalue weighted by atomic mass is 79.9. The molecule has 2 fully saturated rings. The van der Waals surface area contributed by atoms with E-state index in [1.54, 1.807) is 19.3 Å². The first kappa shape index (κ1) is 32.9. The number of aromatic nitrogens is 4. The number of ether oxygens (including phenoxy) is 1. The monoisotopic (exact) mass is 704 g/mol. The van der Waals surface area contributed by atoms with E-state index in [2.05, 4.69) is 73.1 Å². The Bertz CT molecular complexity index is 1120. The molecule has 2 aliphatic rings. The van der Waals surface area contributed by atoms with Crippen molar-refractivity contribution in [2.75, 3.05) is 41.0 Å². The number of rotatable bonds is 11. The summed E-state index contributed by atoms with van der Waals surface area (Å²) in [7, 11) is 0. The first-order valence-corrected chi connectivity index (χ1v) is 15.4. The maximum atomic E-state index is 11.4. The number of carbonyl (C=O) groups is 2. The second-order valence-electron chi connectivity index (χ2n) is 9.79. The van der Waals surface area contributed by atoms with E-state index in [0.29, 0.717) is 39.1 Å². The van der Waals surface area contributed by atoms with Gasteiger partial charge in [-0.1, -0.05) is 0 Å². The number of anilines is 4. The number of halogens is 2. The number of nitrogens with one attached hydrogen (secondary N) is 4. The molecule has 0 bridgehead atoms. The summed E-state index contributed by atoms with van der Waals surface area (Å²) >= 11 is 6.59. The zero-order valence-electron chi connectivity index (χ0n) is 23.0. The highest BCUT2D eigenvalue weighted by Gasteiger charge is 2.22. The summed E-state index contributed by atoms with van der Waals surface area (Å²) in [5, 5.41) is 31.6.